The van der Waals surface area contributed by atoms with Crippen LogP contribution in [0.5, 0.6) is 5.75 Å². The minimum atomic E-state index is -1.19. The van der Waals surface area contributed by atoms with Gasteiger partial charge in [-0.1, -0.05) is 11.8 Å². The summed E-state index contributed by atoms with van der Waals surface area (Å²) in [5.41, 5.74) is 1.30. The SMILES string of the molecule is COc1ccc2nccc(C(F)CC[C@@H]3CCN(CCSc4ncccn4)C[C@@H]3C(=O)O)c2c1. The summed E-state index contributed by atoms with van der Waals surface area (Å²) in [5, 5.41) is 11.3. The molecule has 1 fully saturated rings. The third-order valence-corrected chi connectivity index (χ3v) is 7.30. The van der Waals surface area contributed by atoms with Gasteiger partial charge in [0.2, 0.25) is 0 Å². The van der Waals surface area contributed by atoms with Crippen molar-refractivity contribution in [3.8, 4) is 5.75 Å². The molecule has 1 saturated heterocycles. The van der Waals surface area contributed by atoms with Crippen LogP contribution in [0.15, 0.2) is 54.1 Å². The van der Waals surface area contributed by atoms with E-state index in [1.807, 2.05) is 12.1 Å². The van der Waals surface area contributed by atoms with E-state index in [-0.39, 0.29) is 12.3 Å². The fourth-order valence-corrected chi connectivity index (χ4v) is 5.39. The number of nitrogens with zero attached hydrogens (tertiary/aromatic N) is 4. The number of hydrogen-bond acceptors (Lipinski definition) is 7. The number of rotatable bonds is 10. The molecule has 0 radical (unpaired) electrons. The molecule has 1 aromatic carbocycles. The van der Waals surface area contributed by atoms with E-state index in [2.05, 4.69) is 19.9 Å². The number of likely N-dealkylation sites (tertiary alicyclic amines) is 1. The molecule has 0 aliphatic carbocycles. The van der Waals surface area contributed by atoms with Crippen molar-refractivity contribution in [3.63, 3.8) is 0 Å². The van der Waals surface area contributed by atoms with Crippen LogP contribution in [0.3, 0.4) is 0 Å². The number of halogens is 1. The first-order valence-electron chi connectivity index (χ1n) is 11.5. The second kappa shape index (κ2) is 11.6. The Morgan fingerprint density at radius 3 is 2.85 bits per heavy atom. The zero-order valence-electron chi connectivity index (χ0n) is 19.1. The summed E-state index contributed by atoms with van der Waals surface area (Å²) < 4.78 is 20.6. The normalized spacial score (nSPS) is 19.7. The first-order valence-corrected chi connectivity index (χ1v) is 12.5. The van der Waals surface area contributed by atoms with E-state index < -0.39 is 18.1 Å². The molecular weight excluding hydrogens is 455 g/mol. The summed E-state index contributed by atoms with van der Waals surface area (Å²) in [6.45, 7) is 2.08. The van der Waals surface area contributed by atoms with Crippen LogP contribution in [-0.2, 0) is 4.79 Å². The number of hydrogen-bond donors (Lipinski definition) is 1. The van der Waals surface area contributed by atoms with E-state index in [1.165, 1.54) is 0 Å². The number of aliphatic carboxylic acids is 1. The van der Waals surface area contributed by atoms with Gasteiger partial charge in [0.25, 0.3) is 0 Å². The van der Waals surface area contributed by atoms with E-state index in [9.17, 15) is 9.90 Å². The molecule has 3 atom stereocenters. The van der Waals surface area contributed by atoms with Crippen molar-refractivity contribution >= 4 is 28.6 Å². The van der Waals surface area contributed by atoms with Crippen molar-refractivity contribution in [1.82, 2.24) is 19.9 Å². The molecule has 3 aromatic rings. The Morgan fingerprint density at radius 1 is 1.26 bits per heavy atom. The Kier molecular flexibility index (Phi) is 8.29. The number of carboxylic acids is 1. The summed E-state index contributed by atoms with van der Waals surface area (Å²) >= 11 is 1.56. The van der Waals surface area contributed by atoms with Gasteiger partial charge in [0.05, 0.1) is 18.5 Å². The largest absolute Gasteiger partial charge is 0.497 e. The second-order valence-electron chi connectivity index (χ2n) is 8.50. The van der Waals surface area contributed by atoms with Crippen LogP contribution in [-0.4, -0.2) is 63.4 Å². The van der Waals surface area contributed by atoms with E-state index in [0.29, 0.717) is 24.3 Å². The first kappa shape index (κ1) is 24.3. The summed E-state index contributed by atoms with van der Waals surface area (Å²) in [5.74, 6) is 0.118. The van der Waals surface area contributed by atoms with Crippen LogP contribution >= 0.6 is 11.8 Å². The van der Waals surface area contributed by atoms with Crippen molar-refractivity contribution in [2.45, 2.75) is 30.6 Å². The quantitative estimate of drug-likeness (QED) is 0.329. The van der Waals surface area contributed by atoms with Crippen LogP contribution in [0.25, 0.3) is 10.9 Å². The monoisotopic (exact) mass is 484 g/mol. The standard InChI is InChI=1S/C25H29FN4O3S/c1-33-18-4-6-23-20(15-18)19(7-11-27-23)22(26)5-3-17-8-12-30(16-21(17)24(31)32)13-14-34-25-28-9-2-10-29-25/h2,4,6-7,9-11,15,17,21-22H,3,5,8,12-14,16H2,1H3,(H,31,32)/t17-,21+,22?/m1/s1. The minimum Gasteiger partial charge on any atom is -0.497 e. The Labute approximate surface area is 202 Å². The zero-order valence-corrected chi connectivity index (χ0v) is 20.0. The van der Waals surface area contributed by atoms with Gasteiger partial charge in [0, 0.05) is 42.8 Å². The molecule has 0 saturated carbocycles. The molecule has 7 nitrogen and oxygen atoms in total. The van der Waals surface area contributed by atoms with Gasteiger partial charge in [0.15, 0.2) is 5.16 Å². The molecule has 2 aromatic heterocycles. The average molecular weight is 485 g/mol. The third kappa shape index (κ3) is 6.01. The Morgan fingerprint density at radius 2 is 2.09 bits per heavy atom. The molecule has 1 aliphatic rings. The minimum absolute atomic E-state index is 0.0419. The molecule has 0 spiro atoms. The molecule has 180 valence electrons. The fraction of sp³-hybridized carbons (Fsp3) is 0.440. The molecule has 4 rings (SSSR count). The van der Waals surface area contributed by atoms with Crippen LogP contribution in [0.1, 0.15) is 31.0 Å². The summed E-state index contributed by atoms with van der Waals surface area (Å²) in [7, 11) is 1.58. The second-order valence-corrected chi connectivity index (χ2v) is 9.56. The van der Waals surface area contributed by atoms with Gasteiger partial charge >= 0.3 is 5.97 Å². The average Bonchev–Trinajstić information content (AvgIpc) is 2.87. The maximum atomic E-state index is 15.3. The van der Waals surface area contributed by atoms with Gasteiger partial charge in [-0.15, -0.1) is 0 Å². The van der Waals surface area contributed by atoms with Crippen molar-refractivity contribution in [3.05, 3.63) is 54.5 Å². The van der Waals surface area contributed by atoms with Crippen LogP contribution in [0.4, 0.5) is 4.39 Å². The number of fused-ring (bicyclic) bond motifs is 1. The number of aromatic nitrogens is 3. The van der Waals surface area contributed by atoms with Crippen molar-refractivity contribution in [1.29, 1.82) is 0 Å². The van der Waals surface area contributed by atoms with Crippen molar-refractivity contribution in [2.24, 2.45) is 11.8 Å². The van der Waals surface area contributed by atoms with Gasteiger partial charge in [-0.05, 0) is 67.6 Å². The Balaban J connectivity index is 1.34. The number of piperidine rings is 1. The van der Waals surface area contributed by atoms with E-state index >= 15 is 4.39 Å². The van der Waals surface area contributed by atoms with Crippen LogP contribution in [0, 0.1) is 11.8 Å². The zero-order chi connectivity index (χ0) is 23.9. The molecule has 1 N–H and O–H groups in total. The highest BCUT2D eigenvalue weighted by molar-refractivity contribution is 7.99. The van der Waals surface area contributed by atoms with E-state index in [0.717, 1.165) is 41.3 Å². The Bertz CT molecular complexity index is 1100. The molecule has 1 aliphatic heterocycles. The molecule has 9 heteroatoms. The summed E-state index contributed by atoms with van der Waals surface area (Å²) in [6.07, 6.45) is 5.43. The lowest BCUT2D eigenvalue weighted by Crippen LogP contribution is -2.44. The lowest BCUT2D eigenvalue weighted by Gasteiger charge is -2.36. The number of alkyl halides is 1. The first-order chi connectivity index (χ1) is 16.5. The Hall–Kier alpha value is -2.78. The molecular formula is C25H29FN4O3S. The van der Waals surface area contributed by atoms with Crippen molar-refractivity contribution in [2.75, 3.05) is 32.5 Å². The number of methoxy groups -OCH3 is 1. The molecule has 0 bridgehead atoms. The highest BCUT2D eigenvalue weighted by Gasteiger charge is 2.34. The topological polar surface area (TPSA) is 88.4 Å². The highest BCUT2D eigenvalue weighted by Crippen LogP contribution is 2.35. The smallest absolute Gasteiger partial charge is 0.308 e. The number of ether oxygens (including phenoxy) is 1. The molecule has 3 heterocycles. The van der Waals surface area contributed by atoms with Crippen molar-refractivity contribution < 1.29 is 19.0 Å². The molecule has 34 heavy (non-hydrogen) atoms. The third-order valence-electron chi connectivity index (χ3n) is 6.45. The van der Waals surface area contributed by atoms with E-state index in [1.54, 1.807) is 55.7 Å². The lowest BCUT2D eigenvalue weighted by molar-refractivity contribution is -0.146. The van der Waals surface area contributed by atoms with Gasteiger partial charge in [-0.25, -0.2) is 14.4 Å². The van der Waals surface area contributed by atoms with Gasteiger partial charge in [-0.3, -0.25) is 9.78 Å². The van der Waals surface area contributed by atoms with Gasteiger partial charge in [-0.2, -0.15) is 0 Å². The van der Waals surface area contributed by atoms with Gasteiger partial charge in [0.1, 0.15) is 11.9 Å². The number of thioether (sulfide) groups is 1. The van der Waals surface area contributed by atoms with Crippen LogP contribution in [0.2, 0.25) is 0 Å². The van der Waals surface area contributed by atoms with Crippen LogP contribution < -0.4 is 4.74 Å². The summed E-state index contributed by atoms with van der Waals surface area (Å²) in [4.78, 5) is 26.9. The maximum absolute atomic E-state index is 15.3. The number of carbonyl (C=O) groups is 1. The summed E-state index contributed by atoms with van der Waals surface area (Å²) in [6, 6.07) is 8.92. The fourth-order valence-electron chi connectivity index (χ4n) is 4.59. The number of benzene rings is 1. The number of pyridine rings is 1. The molecule has 1 unspecified atom stereocenters. The lowest BCUT2D eigenvalue weighted by atomic mass is 9.81. The maximum Gasteiger partial charge on any atom is 0.308 e. The van der Waals surface area contributed by atoms with Gasteiger partial charge < -0.3 is 14.7 Å². The predicted molar refractivity (Wildman–Crippen MR) is 130 cm³/mol. The predicted octanol–water partition coefficient (Wildman–Crippen LogP) is 4.64. The van der Waals surface area contributed by atoms with E-state index in [4.69, 9.17) is 4.74 Å². The highest BCUT2D eigenvalue weighted by atomic mass is 32.2. The molecule has 0 amide bonds. The number of carboxylic acid groups (broad SMARTS) is 1.